The Labute approximate surface area is 116 Å². The van der Waals surface area contributed by atoms with Gasteiger partial charge in [0.1, 0.15) is 5.88 Å². The molecule has 0 aromatic heterocycles. The molecule has 0 radical (unpaired) electrons. The summed E-state index contributed by atoms with van der Waals surface area (Å²) in [5.41, 5.74) is 1.77. The second kappa shape index (κ2) is 6.33. The number of benzene rings is 1. The van der Waals surface area contributed by atoms with Gasteiger partial charge in [0, 0.05) is 19.5 Å². The van der Waals surface area contributed by atoms with Crippen molar-refractivity contribution in [3.8, 4) is 0 Å². The normalized spacial score (nSPS) is 9.89. The Morgan fingerprint density at radius 1 is 1.26 bits per heavy atom. The quantitative estimate of drug-likeness (QED) is 0.863. The Morgan fingerprint density at radius 2 is 1.89 bits per heavy atom. The highest BCUT2D eigenvalue weighted by atomic mass is 35.5. The minimum absolute atomic E-state index is 0.188. The number of alkyl halides is 1. The fourth-order valence-electron chi connectivity index (χ4n) is 1.73. The van der Waals surface area contributed by atoms with Gasteiger partial charge in [-0.1, -0.05) is 0 Å². The number of imide groups is 1. The van der Waals surface area contributed by atoms with Crippen molar-refractivity contribution in [3.05, 3.63) is 23.8 Å². The van der Waals surface area contributed by atoms with Gasteiger partial charge in [0.25, 0.3) is 0 Å². The molecule has 1 N–H and O–H groups in total. The summed E-state index contributed by atoms with van der Waals surface area (Å²) >= 11 is 5.49. The molecular formula is C13H15ClN2O3. The highest BCUT2D eigenvalue weighted by Gasteiger charge is 2.20. The number of hydrogen-bond donors (Lipinski definition) is 1. The van der Waals surface area contributed by atoms with E-state index >= 15 is 0 Å². The minimum Gasteiger partial charge on any atom is -0.326 e. The Kier molecular flexibility index (Phi) is 5.06. The van der Waals surface area contributed by atoms with Crippen LogP contribution in [-0.4, -0.2) is 23.6 Å². The number of amides is 3. The van der Waals surface area contributed by atoms with Gasteiger partial charge in [-0.2, -0.15) is 0 Å². The third-order valence-corrected chi connectivity index (χ3v) is 2.67. The smallest absolute Gasteiger partial charge is 0.248 e. The zero-order valence-corrected chi connectivity index (χ0v) is 11.7. The van der Waals surface area contributed by atoms with Gasteiger partial charge in [-0.3, -0.25) is 14.4 Å². The lowest BCUT2D eigenvalue weighted by atomic mass is 10.1. The first kappa shape index (κ1) is 15.2. The molecule has 0 saturated heterocycles. The van der Waals surface area contributed by atoms with Crippen LogP contribution < -0.4 is 10.2 Å². The molecule has 1 aromatic rings. The van der Waals surface area contributed by atoms with Gasteiger partial charge in [-0.15, -0.1) is 11.6 Å². The van der Waals surface area contributed by atoms with E-state index in [2.05, 4.69) is 5.32 Å². The molecule has 0 heterocycles. The standard InChI is InChI=1S/C13H15ClN2O3/c1-8-6-11(15-9(2)17)4-5-12(8)16(10(3)18)13(19)7-14/h4-6H,7H2,1-3H3,(H,15,17). The number of nitrogens with zero attached hydrogens (tertiary/aromatic N) is 1. The van der Waals surface area contributed by atoms with Gasteiger partial charge >= 0.3 is 0 Å². The number of carbonyl (C=O) groups excluding carboxylic acids is 3. The van der Waals surface area contributed by atoms with Crippen molar-refractivity contribution < 1.29 is 14.4 Å². The van der Waals surface area contributed by atoms with Gasteiger partial charge in [-0.25, -0.2) is 4.90 Å². The third-order valence-electron chi connectivity index (χ3n) is 2.44. The first-order chi connectivity index (χ1) is 8.86. The highest BCUT2D eigenvalue weighted by molar-refractivity contribution is 6.32. The van der Waals surface area contributed by atoms with Gasteiger partial charge < -0.3 is 5.32 Å². The predicted molar refractivity (Wildman–Crippen MR) is 74.4 cm³/mol. The highest BCUT2D eigenvalue weighted by Crippen LogP contribution is 2.24. The molecule has 0 saturated carbocycles. The van der Waals surface area contributed by atoms with Crippen molar-refractivity contribution in [2.45, 2.75) is 20.8 Å². The lowest BCUT2D eigenvalue weighted by molar-refractivity contribution is -0.124. The summed E-state index contributed by atoms with van der Waals surface area (Å²) in [7, 11) is 0. The molecule has 6 heteroatoms. The maximum atomic E-state index is 11.7. The summed E-state index contributed by atoms with van der Waals surface area (Å²) in [6.07, 6.45) is 0. The Hall–Kier alpha value is -1.88. The lowest BCUT2D eigenvalue weighted by Gasteiger charge is -2.20. The molecule has 0 fully saturated rings. The molecule has 0 aliphatic heterocycles. The van der Waals surface area contributed by atoms with Crippen molar-refractivity contribution in [1.29, 1.82) is 0 Å². The number of rotatable bonds is 3. The maximum absolute atomic E-state index is 11.7. The van der Waals surface area contributed by atoms with E-state index in [1.165, 1.54) is 13.8 Å². The molecular weight excluding hydrogens is 268 g/mol. The fraction of sp³-hybridized carbons (Fsp3) is 0.308. The topological polar surface area (TPSA) is 66.5 Å². The summed E-state index contributed by atoms with van der Waals surface area (Å²) < 4.78 is 0. The largest absolute Gasteiger partial charge is 0.326 e. The molecule has 19 heavy (non-hydrogen) atoms. The number of hydrogen-bond acceptors (Lipinski definition) is 3. The molecule has 0 aliphatic carbocycles. The van der Waals surface area contributed by atoms with Crippen molar-refractivity contribution in [2.24, 2.45) is 0 Å². The monoisotopic (exact) mass is 282 g/mol. The van der Waals surface area contributed by atoms with Crippen LogP contribution >= 0.6 is 11.6 Å². The SMILES string of the molecule is CC(=O)Nc1ccc(N(C(C)=O)C(=O)CCl)c(C)c1. The zero-order valence-electron chi connectivity index (χ0n) is 11.0. The number of anilines is 2. The first-order valence-corrected chi connectivity index (χ1v) is 6.18. The van der Waals surface area contributed by atoms with E-state index in [4.69, 9.17) is 11.6 Å². The van der Waals surface area contributed by atoms with Crippen LogP contribution in [0.25, 0.3) is 0 Å². The van der Waals surface area contributed by atoms with E-state index in [0.717, 1.165) is 4.90 Å². The van der Waals surface area contributed by atoms with Crippen LogP contribution in [0.15, 0.2) is 18.2 Å². The number of nitrogens with one attached hydrogen (secondary N) is 1. The molecule has 0 bridgehead atoms. The molecule has 5 nitrogen and oxygen atoms in total. The Morgan fingerprint density at radius 3 is 2.32 bits per heavy atom. The Bertz CT molecular complexity index is 529. The summed E-state index contributed by atoms with van der Waals surface area (Å²) in [6.45, 7) is 4.45. The zero-order chi connectivity index (χ0) is 14.6. The molecule has 0 aliphatic rings. The summed E-state index contributed by atoms with van der Waals surface area (Å²) in [5.74, 6) is -1.34. The second-order valence-electron chi connectivity index (χ2n) is 4.06. The van der Waals surface area contributed by atoms with E-state index in [1.54, 1.807) is 25.1 Å². The molecule has 1 rings (SSSR count). The maximum Gasteiger partial charge on any atom is 0.248 e. The summed E-state index contributed by atoms with van der Waals surface area (Å²) in [5, 5.41) is 2.63. The van der Waals surface area contributed by atoms with Crippen LogP contribution in [0.1, 0.15) is 19.4 Å². The van der Waals surface area contributed by atoms with E-state index < -0.39 is 11.8 Å². The molecule has 0 atom stereocenters. The van der Waals surface area contributed by atoms with Crippen LogP contribution in [0.2, 0.25) is 0 Å². The van der Waals surface area contributed by atoms with Crippen molar-refractivity contribution in [1.82, 2.24) is 0 Å². The molecule has 3 amide bonds. The molecule has 0 spiro atoms. The van der Waals surface area contributed by atoms with Crippen LogP contribution in [0, 0.1) is 6.92 Å². The summed E-state index contributed by atoms with van der Waals surface area (Å²) in [6, 6.07) is 4.92. The van der Waals surface area contributed by atoms with Crippen molar-refractivity contribution >= 4 is 40.7 Å². The summed E-state index contributed by atoms with van der Waals surface area (Å²) in [4.78, 5) is 35.2. The Balaban J connectivity index is 3.15. The molecule has 1 aromatic carbocycles. The average Bonchev–Trinajstić information content (AvgIpc) is 2.30. The predicted octanol–water partition coefficient (Wildman–Crippen LogP) is 2.07. The van der Waals surface area contributed by atoms with Crippen LogP contribution in [0.3, 0.4) is 0 Å². The second-order valence-corrected chi connectivity index (χ2v) is 4.33. The first-order valence-electron chi connectivity index (χ1n) is 5.64. The van der Waals surface area contributed by atoms with E-state index in [9.17, 15) is 14.4 Å². The van der Waals surface area contributed by atoms with E-state index in [-0.39, 0.29) is 11.8 Å². The van der Waals surface area contributed by atoms with Gasteiger partial charge in [0.2, 0.25) is 17.7 Å². The van der Waals surface area contributed by atoms with Crippen molar-refractivity contribution in [3.63, 3.8) is 0 Å². The van der Waals surface area contributed by atoms with Crippen molar-refractivity contribution in [2.75, 3.05) is 16.1 Å². The van der Waals surface area contributed by atoms with Crippen LogP contribution in [0.5, 0.6) is 0 Å². The number of halogens is 1. The fourth-order valence-corrected chi connectivity index (χ4v) is 1.85. The van der Waals surface area contributed by atoms with Gasteiger partial charge in [0.05, 0.1) is 5.69 Å². The third kappa shape index (κ3) is 3.79. The molecule has 102 valence electrons. The van der Waals surface area contributed by atoms with E-state index in [0.29, 0.717) is 16.9 Å². The van der Waals surface area contributed by atoms with Crippen LogP contribution in [0.4, 0.5) is 11.4 Å². The molecule has 0 unspecified atom stereocenters. The number of carbonyl (C=O) groups is 3. The van der Waals surface area contributed by atoms with E-state index in [1.807, 2.05) is 0 Å². The van der Waals surface area contributed by atoms with Crippen LogP contribution in [-0.2, 0) is 14.4 Å². The minimum atomic E-state index is -0.482. The van der Waals surface area contributed by atoms with Gasteiger partial charge in [-0.05, 0) is 30.7 Å². The average molecular weight is 283 g/mol. The lowest BCUT2D eigenvalue weighted by Crippen LogP contribution is -2.36. The van der Waals surface area contributed by atoms with Gasteiger partial charge in [0.15, 0.2) is 0 Å². The number of aryl methyl sites for hydroxylation is 1.